The number of hydrogen-bond donors (Lipinski definition) is 0. The Bertz CT molecular complexity index is 1210. The van der Waals surface area contributed by atoms with Gasteiger partial charge in [0.15, 0.2) is 25.0 Å². The fourth-order valence-corrected chi connectivity index (χ4v) is 15.7. The zero-order chi connectivity index (χ0) is 39.6. The van der Waals surface area contributed by atoms with Crippen LogP contribution in [0.25, 0.3) is 0 Å². The summed E-state index contributed by atoms with van der Waals surface area (Å²) in [6, 6.07) is 3.71. The molecule has 0 N–H and O–H groups in total. The molecule has 0 bridgehead atoms. The first-order chi connectivity index (χ1) is 23.8. The first-order valence-electron chi connectivity index (χ1n) is 21.9. The van der Waals surface area contributed by atoms with E-state index in [0.29, 0.717) is 5.41 Å². The van der Waals surface area contributed by atoms with Gasteiger partial charge in [-0.25, -0.2) is 0 Å². The van der Waals surface area contributed by atoms with E-state index in [1.54, 1.807) is 5.57 Å². The molecule has 1 unspecified atom stereocenters. The largest absolute Gasteiger partial charge is 0.412 e. The van der Waals surface area contributed by atoms with Crippen molar-refractivity contribution in [1.29, 1.82) is 0 Å². The maximum Gasteiger partial charge on any atom is 0.192 e. The molecule has 6 heteroatoms. The monoisotopic (exact) mass is 773 g/mol. The van der Waals surface area contributed by atoms with Crippen LogP contribution in [0.3, 0.4) is 0 Å². The van der Waals surface area contributed by atoms with Crippen LogP contribution in [0, 0.1) is 23.2 Å². The van der Waals surface area contributed by atoms with Crippen LogP contribution in [0.2, 0.25) is 54.4 Å². The molecule has 0 aromatic heterocycles. The van der Waals surface area contributed by atoms with Gasteiger partial charge >= 0.3 is 0 Å². The molecule has 3 aliphatic rings. The lowest BCUT2D eigenvalue weighted by Gasteiger charge is -2.46. The molecule has 0 saturated heterocycles. The highest BCUT2D eigenvalue weighted by Gasteiger charge is 2.51. The van der Waals surface area contributed by atoms with E-state index in [0.717, 1.165) is 30.6 Å². The van der Waals surface area contributed by atoms with Gasteiger partial charge in [0.2, 0.25) is 0 Å². The molecular weight excluding hydrogens is 685 g/mol. The van der Waals surface area contributed by atoms with Gasteiger partial charge < -0.3 is 13.3 Å². The van der Waals surface area contributed by atoms with Gasteiger partial charge in [-0.05, 0) is 155 Å². The van der Waals surface area contributed by atoms with E-state index in [1.165, 1.54) is 80.6 Å². The zero-order valence-electron chi connectivity index (χ0n) is 38.0. The zero-order valence-corrected chi connectivity index (χ0v) is 41.0. The maximum absolute atomic E-state index is 7.26. The third-order valence-corrected chi connectivity index (χ3v) is 29.4. The van der Waals surface area contributed by atoms with E-state index in [9.17, 15) is 0 Å². The van der Waals surface area contributed by atoms with Crippen molar-refractivity contribution in [2.24, 2.45) is 23.2 Å². The highest BCUT2D eigenvalue weighted by molar-refractivity contribution is 6.74. The van der Waals surface area contributed by atoms with Crippen molar-refractivity contribution in [1.82, 2.24) is 0 Å². The molecule has 0 heterocycles. The van der Waals surface area contributed by atoms with Crippen molar-refractivity contribution in [3.05, 3.63) is 34.9 Å². The van der Waals surface area contributed by atoms with Crippen molar-refractivity contribution in [3.63, 3.8) is 0 Å². The van der Waals surface area contributed by atoms with Crippen LogP contribution in [-0.2, 0) is 13.3 Å². The van der Waals surface area contributed by atoms with Gasteiger partial charge in [-0.2, -0.15) is 0 Å². The molecule has 0 radical (unpaired) electrons. The van der Waals surface area contributed by atoms with Crippen LogP contribution in [0.1, 0.15) is 161 Å². The van der Waals surface area contributed by atoms with Crippen molar-refractivity contribution in [2.45, 2.75) is 233 Å². The van der Waals surface area contributed by atoms with E-state index in [1.807, 2.05) is 0 Å². The summed E-state index contributed by atoms with van der Waals surface area (Å²) in [5.74, 6) is 2.32. The van der Waals surface area contributed by atoms with Gasteiger partial charge in [0, 0.05) is 0 Å². The van der Waals surface area contributed by atoms with Crippen molar-refractivity contribution in [2.75, 3.05) is 0 Å². The van der Waals surface area contributed by atoms with Gasteiger partial charge in [0.25, 0.3) is 0 Å². The molecule has 3 rings (SSSR count). The van der Waals surface area contributed by atoms with E-state index >= 15 is 0 Å². The lowest BCUT2D eigenvalue weighted by molar-refractivity contribution is 0.0704. The van der Waals surface area contributed by atoms with Crippen LogP contribution < -0.4 is 0 Å². The SMILES string of the molecule is CC=C1[C@H](O[Si](C)(C)C(C)(C)C)CC(=C/C=C2\CCC[C@@]3(C)C2CC[C@@H]3[C@@H](C)CCCC(C)(C)O[Si](CC)(CC)CC)C[C@H]1O[Si](C)(C)C(C)(C)C. The normalized spacial score (nSPS) is 28.3. The summed E-state index contributed by atoms with van der Waals surface area (Å²) in [5, 5.41) is 0.342. The van der Waals surface area contributed by atoms with Crippen molar-refractivity contribution >= 4 is 25.0 Å². The van der Waals surface area contributed by atoms with Crippen LogP contribution in [0.5, 0.6) is 0 Å². The molecule has 3 nitrogen and oxygen atoms in total. The average Bonchev–Trinajstić information content (AvgIpc) is 3.38. The predicted molar refractivity (Wildman–Crippen MR) is 237 cm³/mol. The fourth-order valence-electron chi connectivity index (χ4n) is 9.89. The van der Waals surface area contributed by atoms with Gasteiger partial charge in [0.05, 0.1) is 17.8 Å². The minimum absolute atomic E-state index is 0.000597. The Hall–Kier alpha value is -0.249. The summed E-state index contributed by atoms with van der Waals surface area (Å²) in [5.41, 5.74) is 5.06. The third-order valence-electron chi connectivity index (χ3n) is 15.6. The van der Waals surface area contributed by atoms with Crippen molar-refractivity contribution in [3.8, 4) is 0 Å². The Kier molecular flexibility index (Phi) is 15.5. The molecule has 3 aliphatic carbocycles. The lowest BCUT2D eigenvalue weighted by Crippen LogP contribution is -2.50. The number of hydrogen-bond acceptors (Lipinski definition) is 3. The molecule has 0 aromatic carbocycles. The molecular formula is C46H88O3Si3. The summed E-state index contributed by atoms with van der Waals surface area (Å²) in [6.07, 6.45) is 20.2. The Labute approximate surface area is 328 Å². The topological polar surface area (TPSA) is 27.7 Å². The predicted octanol–water partition coefficient (Wildman–Crippen LogP) is 15.2. The summed E-state index contributed by atoms with van der Waals surface area (Å²) in [4.78, 5) is 0. The first-order valence-corrected chi connectivity index (χ1v) is 30.3. The highest BCUT2D eigenvalue weighted by atomic mass is 28.4. The van der Waals surface area contributed by atoms with E-state index < -0.39 is 25.0 Å². The molecule has 0 aliphatic heterocycles. The molecule has 0 spiro atoms. The van der Waals surface area contributed by atoms with Crippen LogP contribution >= 0.6 is 0 Å². The van der Waals surface area contributed by atoms with Crippen molar-refractivity contribution < 1.29 is 13.3 Å². The summed E-state index contributed by atoms with van der Waals surface area (Å²) < 4.78 is 21.5. The maximum atomic E-state index is 7.26. The van der Waals surface area contributed by atoms with Gasteiger partial charge in [0.1, 0.15) is 0 Å². The average molecular weight is 773 g/mol. The molecule has 3 fully saturated rings. The minimum Gasteiger partial charge on any atom is -0.412 e. The molecule has 3 saturated carbocycles. The quantitative estimate of drug-likeness (QED) is 0.123. The molecule has 302 valence electrons. The second-order valence-electron chi connectivity index (χ2n) is 21.6. The fraction of sp³-hybridized carbons (Fsp3) is 0.870. The Morgan fingerprint density at radius 2 is 1.33 bits per heavy atom. The van der Waals surface area contributed by atoms with Gasteiger partial charge in [-0.1, -0.05) is 118 Å². The van der Waals surface area contributed by atoms with Crippen LogP contribution in [-0.4, -0.2) is 42.8 Å². The Balaban J connectivity index is 1.81. The smallest absolute Gasteiger partial charge is 0.192 e. The highest BCUT2D eigenvalue weighted by Crippen LogP contribution is 2.60. The summed E-state index contributed by atoms with van der Waals surface area (Å²) in [6.45, 7) is 43.1. The van der Waals surface area contributed by atoms with E-state index in [2.05, 4.69) is 141 Å². The Morgan fingerprint density at radius 1 is 0.808 bits per heavy atom. The Morgan fingerprint density at radius 3 is 1.79 bits per heavy atom. The van der Waals surface area contributed by atoms with E-state index in [4.69, 9.17) is 13.3 Å². The molecule has 0 aromatic rings. The van der Waals surface area contributed by atoms with Gasteiger partial charge in [-0.3, -0.25) is 0 Å². The van der Waals surface area contributed by atoms with Gasteiger partial charge in [-0.15, -0.1) is 0 Å². The standard InChI is InChI=1S/C46H88O3Si3/c1-19-38-41(47-50(15,16)43(6,7)8)33-36(34-42(38)48-51(17,18)44(9,10)11)27-28-37-26-24-32-46(14)39(29-30-40(37)46)35(5)25-23-31-45(12,13)49-52(20-2,21-3)22-4/h19,27-28,35,39-42H,20-26,29-34H2,1-18H3/b36-27?,37-28+,38-19?/t35-,39+,40?,41+,42+,46+/m0/s1. The number of rotatable bonds is 15. The first kappa shape index (κ1) is 46.1. The van der Waals surface area contributed by atoms with Crippen LogP contribution in [0.4, 0.5) is 0 Å². The second kappa shape index (κ2) is 17.5. The van der Waals surface area contributed by atoms with Crippen LogP contribution in [0.15, 0.2) is 34.9 Å². The van der Waals surface area contributed by atoms with E-state index in [-0.39, 0.29) is 27.9 Å². The number of fused-ring (bicyclic) bond motifs is 1. The minimum atomic E-state index is -1.98. The lowest BCUT2D eigenvalue weighted by atomic mass is 9.60. The molecule has 52 heavy (non-hydrogen) atoms. The molecule has 6 atom stereocenters. The summed E-state index contributed by atoms with van der Waals surface area (Å²) in [7, 11) is -5.55. The molecule has 0 amide bonds. The summed E-state index contributed by atoms with van der Waals surface area (Å²) >= 11 is 0. The third kappa shape index (κ3) is 10.8. The number of allylic oxidation sites excluding steroid dienone is 4. The second-order valence-corrected chi connectivity index (χ2v) is 35.8.